The molecule has 1 saturated heterocycles. The molecule has 0 spiro atoms. The molecule has 1 heterocycles. The van der Waals surface area contributed by atoms with Gasteiger partial charge < -0.3 is 5.11 Å². The highest BCUT2D eigenvalue weighted by Gasteiger charge is 2.31. The summed E-state index contributed by atoms with van der Waals surface area (Å²) in [5, 5.41) is 10.4. The van der Waals surface area contributed by atoms with Gasteiger partial charge in [-0.1, -0.05) is 53.3 Å². The number of benzene rings is 1. The van der Waals surface area contributed by atoms with E-state index in [4.69, 9.17) is 35.4 Å². The second kappa shape index (κ2) is 6.18. The predicted octanol–water partition coefficient (Wildman–Crippen LogP) is 4.09. The van der Waals surface area contributed by atoms with Crippen molar-refractivity contribution in [1.82, 2.24) is 4.90 Å². The zero-order chi connectivity index (χ0) is 14.9. The van der Waals surface area contributed by atoms with Crippen molar-refractivity contribution >= 4 is 63.5 Å². The van der Waals surface area contributed by atoms with Gasteiger partial charge in [0.15, 0.2) is 0 Å². The summed E-state index contributed by atoms with van der Waals surface area (Å²) in [6, 6.07) is 2.96. The van der Waals surface area contributed by atoms with E-state index >= 15 is 0 Å². The molecule has 2 rings (SSSR count). The van der Waals surface area contributed by atoms with Crippen molar-refractivity contribution in [2.45, 2.75) is 0 Å². The number of halogens is 2. The Morgan fingerprint density at radius 1 is 1.45 bits per heavy atom. The Hall–Kier alpha value is -1.01. The fourth-order valence-electron chi connectivity index (χ4n) is 1.62. The Morgan fingerprint density at radius 2 is 2.15 bits per heavy atom. The van der Waals surface area contributed by atoms with E-state index in [1.165, 1.54) is 23.1 Å². The highest BCUT2D eigenvalue weighted by atomic mass is 35.5. The van der Waals surface area contributed by atoms with Crippen molar-refractivity contribution in [2.75, 3.05) is 6.54 Å². The van der Waals surface area contributed by atoms with Gasteiger partial charge in [-0.2, -0.15) is 0 Å². The zero-order valence-corrected chi connectivity index (χ0v) is 13.2. The molecule has 1 amide bonds. The van der Waals surface area contributed by atoms with Crippen LogP contribution in [0.5, 0.6) is 5.75 Å². The SMILES string of the molecule is C=CCN1C(=O)/C(=C/c2cc(Cl)cc(Cl)c2O)SC1=S. The molecule has 1 aliphatic rings. The molecule has 7 heteroatoms. The quantitative estimate of drug-likeness (QED) is 0.509. The summed E-state index contributed by atoms with van der Waals surface area (Å²) in [4.78, 5) is 14.0. The minimum atomic E-state index is -0.226. The molecule has 1 aliphatic heterocycles. The molecular weight excluding hydrogens is 337 g/mol. The number of hydrogen-bond acceptors (Lipinski definition) is 4. The lowest BCUT2D eigenvalue weighted by atomic mass is 10.2. The molecule has 3 nitrogen and oxygen atoms in total. The Kier molecular flexibility index (Phi) is 4.75. The highest BCUT2D eigenvalue weighted by molar-refractivity contribution is 8.26. The minimum absolute atomic E-state index is 0.120. The van der Waals surface area contributed by atoms with E-state index in [-0.39, 0.29) is 16.7 Å². The van der Waals surface area contributed by atoms with Crippen LogP contribution in [0.4, 0.5) is 0 Å². The fraction of sp³-hybridized carbons (Fsp3) is 0.0769. The topological polar surface area (TPSA) is 40.5 Å². The van der Waals surface area contributed by atoms with Crippen LogP contribution in [0.3, 0.4) is 0 Å². The molecule has 0 bridgehead atoms. The number of carbonyl (C=O) groups is 1. The molecule has 1 aromatic rings. The second-order valence-electron chi connectivity index (χ2n) is 3.91. The van der Waals surface area contributed by atoms with Crippen LogP contribution in [0.25, 0.3) is 6.08 Å². The number of nitrogens with zero attached hydrogens (tertiary/aromatic N) is 1. The van der Waals surface area contributed by atoms with Gasteiger partial charge in [0.1, 0.15) is 10.1 Å². The van der Waals surface area contributed by atoms with Crippen molar-refractivity contribution in [2.24, 2.45) is 0 Å². The average molecular weight is 346 g/mol. The van der Waals surface area contributed by atoms with Crippen molar-refractivity contribution in [1.29, 1.82) is 0 Å². The summed E-state index contributed by atoms with van der Waals surface area (Å²) < 4.78 is 0.453. The van der Waals surface area contributed by atoms with Gasteiger partial charge in [-0.15, -0.1) is 6.58 Å². The maximum atomic E-state index is 12.1. The number of aromatic hydroxyl groups is 1. The molecular formula is C13H9Cl2NO2S2. The van der Waals surface area contributed by atoms with E-state index in [0.29, 0.717) is 26.4 Å². The standard InChI is InChI=1S/C13H9Cl2NO2S2/c1-2-3-16-12(18)10(20-13(16)19)5-7-4-8(14)6-9(15)11(7)17/h2,4-6,17H,1,3H2/b10-5-. The number of thioether (sulfide) groups is 1. The fourth-order valence-corrected chi connectivity index (χ4v) is 3.40. The van der Waals surface area contributed by atoms with Gasteiger partial charge in [-0.05, 0) is 18.2 Å². The predicted molar refractivity (Wildman–Crippen MR) is 88.2 cm³/mol. The van der Waals surface area contributed by atoms with Crippen molar-refractivity contribution in [3.05, 3.63) is 45.3 Å². The highest BCUT2D eigenvalue weighted by Crippen LogP contribution is 2.37. The van der Waals surface area contributed by atoms with Crippen LogP contribution in [-0.4, -0.2) is 26.8 Å². The largest absolute Gasteiger partial charge is 0.506 e. The van der Waals surface area contributed by atoms with Crippen molar-refractivity contribution in [3.8, 4) is 5.75 Å². The van der Waals surface area contributed by atoms with Gasteiger partial charge in [-0.25, -0.2) is 0 Å². The summed E-state index contributed by atoms with van der Waals surface area (Å²) >= 11 is 18.0. The number of carbonyl (C=O) groups excluding carboxylic acids is 1. The van der Waals surface area contributed by atoms with Gasteiger partial charge in [0.25, 0.3) is 5.91 Å². The molecule has 1 aromatic carbocycles. The summed E-state index contributed by atoms with van der Waals surface area (Å²) in [6.07, 6.45) is 3.12. The lowest BCUT2D eigenvalue weighted by molar-refractivity contribution is -0.121. The lowest BCUT2D eigenvalue weighted by Gasteiger charge is -2.10. The molecule has 1 N–H and O–H groups in total. The van der Waals surface area contributed by atoms with Crippen LogP contribution in [0, 0.1) is 0 Å². The van der Waals surface area contributed by atoms with Gasteiger partial charge in [0.2, 0.25) is 0 Å². The summed E-state index contributed by atoms with van der Waals surface area (Å²) in [5.74, 6) is -0.347. The van der Waals surface area contributed by atoms with E-state index < -0.39 is 0 Å². The first-order valence-corrected chi connectivity index (χ1v) is 7.46. The van der Waals surface area contributed by atoms with Gasteiger partial charge in [0, 0.05) is 17.1 Å². The Balaban J connectivity index is 2.40. The number of thiocarbonyl (C=S) groups is 1. The number of amides is 1. The molecule has 20 heavy (non-hydrogen) atoms. The first kappa shape index (κ1) is 15.4. The lowest BCUT2D eigenvalue weighted by Crippen LogP contribution is -2.27. The molecule has 0 saturated carbocycles. The van der Waals surface area contributed by atoms with Gasteiger partial charge in [-0.3, -0.25) is 9.69 Å². The number of phenolic OH excluding ortho intramolecular Hbond substituents is 1. The first-order valence-electron chi connectivity index (χ1n) is 5.48. The van der Waals surface area contributed by atoms with Gasteiger partial charge in [0.05, 0.1) is 9.93 Å². The Labute approximate surface area is 135 Å². The third-order valence-corrected chi connectivity index (χ3v) is 4.41. The molecule has 0 aromatic heterocycles. The molecule has 104 valence electrons. The van der Waals surface area contributed by atoms with Gasteiger partial charge >= 0.3 is 0 Å². The Morgan fingerprint density at radius 3 is 2.80 bits per heavy atom. The third kappa shape index (κ3) is 3.01. The van der Waals surface area contributed by atoms with Crippen molar-refractivity contribution in [3.63, 3.8) is 0 Å². The molecule has 0 aliphatic carbocycles. The average Bonchev–Trinajstić information content (AvgIpc) is 2.63. The minimum Gasteiger partial charge on any atom is -0.506 e. The van der Waals surface area contributed by atoms with E-state index in [1.807, 2.05) is 0 Å². The summed E-state index contributed by atoms with van der Waals surface area (Å²) in [7, 11) is 0. The van der Waals surface area contributed by atoms with Crippen molar-refractivity contribution < 1.29 is 9.90 Å². The van der Waals surface area contributed by atoms with Crippen LogP contribution in [-0.2, 0) is 4.79 Å². The molecule has 1 fully saturated rings. The molecule has 0 unspecified atom stereocenters. The second-order valence-corrected chi connectivity index (χ2v) is 6.43. The third-order valence-electron chi connectivity index (χ3n) is 2.53. The number of rotatable bonds is 3. The van der Waals surface area contributed by atoms with E-state index in [2.05, 4.69) is 6.58 Å². The van der Waals surface area contributed by atoms with E-state index in [9.17, 15) is 9.90 Å². The van der Waals surface area contributed by atoms with E-state index in [1.54, 1.807) is 6.08 Å². The maximum Gasteiger partial charge on any atom is 0.266 e. The van der Waals surface area contributed by atoms with Crippen LogP contribution in [0.15, 0.2) is 29.7 Å². The summed E-state index contributed by atoms with van der Waals surface area (Å²) in [5.41, 5.74) is 0.376. The van der Waals surface area contributed by atoms with Crippen LogP contribution in [0.2, 0.25) is 10.0 Å². The molecule has 0 radical (unpaired) electrons. The van der Waals surface area contributed by atoms with Crippen LogP contribution >= 0.6 is 47.2 Å². The first-order chi connectivity index (χ1) is 9.43. The number of hydrogen-bond donors (Lipinski definition) is 1. The van der Waals surface area contributed by atoms with Crippen LogP contribution < -0.4 is 0 Å². The Bertz CT molecular complexity index is 644. The van der Waals surface area contributed by atoms with Crippen LogP contribution in [0.1, 0.15) is 5.56 Å². The maximum absolute atomic E-state index is 12.1. The summed E-state index contributed by atoms with van der Waals surface area (Å²) in [6.45, 7) is 3.93. The zero-order valence-electron chi connectivity index (χ0n) is 10.1. The molecule has 0 atom stereocenters. The monoisotopic (exact) mass is 345 g/mol. The number of phenols is 1. The normalized spacial score (nSPS) is 17.1. The van der Waals surface area contributed by atoms with E-state index in [0.717, 1.165) is 11.8 Å². The smallest absolute Gasteiger partial charge is 0.266 e.